The summed E-state index contributed by atoms with van der Waals surface area (Å²) in [5.74, 6) is 0.634. The maximum atomic E-state index is 9.74. The van der Waals surface area contributed by atoms with Crippen LogP contribution in [0.5, 0.6) is 0 Å². The van der Waals surface area contributed by atoms with Gasteiger partial charge in [-0.2, -0.15) is 0 Å². The van der Waals surface area contributed by atoms with Gasteiger partial charge in [-0.15, -0.1) is 0 Å². The summed E-state index contributed by atoms with van der Waals surface area (Å²) in [6.45, 7) is 0. The molecule has 13 heavy (non-hydrogen) atoms. The Kier molecular flexibility index (Phi) is 2.68. The third-order valence-electron chi connectivity index (χ3n) is 3.22. The quantitative estimate of drug-likeness (QED) is 0.663. The third-order valence-corrected chi connectivity index (χ3v) is 3.69. The molecular weight excluding hydrogens is 207 g/mol. The van der Waals surface area contributed by atoms with Crippen LogP contribution in [0, 0.1) is 11.8 Å². The SMILES string of the molecule is O[C@H]1C[C@@H]2CC[C@H]1C(=C\Cl)/C2=C/Cl. The lowest BCUT2D eigenvalue weighted by molar-refractivity contribution is 0.0540. The van der Waals surface area contributed by atoms with Gasteiger partial charge in [0, 0.05) is 17.0 Å². The van der Waals surface area contributed by atoms with Crippen LogP contribution < -0.4 is 0 Å². The van der Waals surface area contributed by atoms with Crippen molar-refractivity contribution in [2.24, 2.45) is 11.8 Å². The fourth-order valence-electron chi connectivity index (χ4n) is 2.54. The van der Waals surface area contributed by atoms with Crippen LogP contribution in [0.2, 0.25) is 0 Å². The summed E-state index contributed by atoms with van der Waals surface area (Å²) in [6, 6.07) is 0. The van der Waals surface area contributed by atoms with Gasteiger partial charge in [0.2, 0.25) is 0 Å². The molecule has 0 unspecified atom stereocenters. The first kappa shape index (κ1) is 9.57. The molecule has 1 nitrogen and oxygen atoms in total. The lowest BCUT2D eigenvalue weighted by atomic mass is 9.64. The van der Waals surface area contributed by atoms with Crippen molar-refractivity contribution in [3.63, 3.8) is 0 Å². The highest BCUT2D eigenvalue weighted by Gasteiger charge is 2.40. The number of fused-ring (bicyclic) bond motifs is 3. The summed E-state index contributed by atoms with van der Waals surface area (Å²) in [4.78, 5) is 0. The lowest BCUT2D eigenvalue weighted by Crippen LogP contribution is -2.38. The number of aliphatic hydroxyl groups is 1. The van der Waals surface area contributed by atoms with Gasteiger partial charge in [-0.1, -0.05) is 23.2 Å². The van der Waals surface area contributed by atoms with Gasteiger partial charge >= 0.3 is 0 Å². The molecule has 3 aliphatic rings. The number of rotatable bonds is 0. The van der Waals surface area contributed by atoms with Crippen molar-refractivity contribution >= 4 is 23.2 Å². The van der Waals surface area contributed by atoms with Crippen LogP contribution in [-0.2, 0) is 0 Å². The topological polar surface area (TPSA) is 20.2 Å². The molecule has 0 amide bonds. The van der Waals surface area contributed by atoms with Crippen LogP contribution in [0.25, 0.3) is 0 Å². The Bertz CT molecular complexity index is 270. The molecule has 0 radical (unpaired) electrons. The Labute approximate surface area is 88.0 Å². The van der Waals surface area contributed by atoms with E-state index in [1.54, 1.807) is 11.1 Å². The number of hydrogen-bond acceptors (Lipinski definition) is 1. The van der Waals surface area contributed by atoms with Gasteiger partial charge in [-0.3, -0.25) is 0 Å². The standard InChI is InChI=1S/C10H12Cl2O/c11-4-8-6-1-2-7(9(8)5-12)10(13)3-6/h4-7,10,13H,1-3H2/b8-4+,9-5+/t6-,7-,10-/m0/s1. The van der Waals surface area contributed by atoms with E-state index in [4.69, 9.17) is 23.2 Å². The minimum Gasteiger partial charge on any atom is -0.392 e. The van der Waals surface area contributed by atoms with E-state index in [2.05, 4.69) is 0 Å². The Balaban J connectivity index is 2.36. The molecule has 3 rings (SSSR count). The molecule has 0 heterocycles. The first-order valence-corrected chi connectivity index (χ1v) is 5.44. The van der Waals surface area contributed by atoms with E-state index in [9.17, 15) is 5.11 Å². The van der Waals surface area contributed by atoms with Crippen molar-refractivity contribution in [2.45, 2.75) is 25.4 Å². The van der Waals surface area contributed by atoms with Crippen LogP contribution >= 0.6 is 23.2 Å². The van der Waals surface area contributed by atoms with Gasteiger partial charge in [-0.05, 0) is 36.3 Å². The van der Waals surface area contributed by atoms with Crippen molar-refractivity contribution in [3.8, 4) is 0 Å². The monoisotopic (exact) mass is 218 g/mol. The molecule has 3 atom stereocenters. The fraction of sp³-hybridized carbons (Fsp3) is 0.600. The highest BCUT2D eigenvalue weighted by molar-refractivity contribution is 6.27. The Hall–Kier alpha value is 0.0200. The largest absolute Gasteiger partial charge is 0.392 e. The van der Waals surface area contributed by atoms with Crippen molar-refractivity contribution in [2.75, 3.05) is 0 Å². The van der Waals surface area contributed by atoms with Gasteiger partial charge in [0.05, 0.1) is 6.10 Å². The molecule has 72 valence electrons. The molecule has 2 bridgehead atoms. The highest BCUT2D eigenvalue weighted by Crippen LogP contribution is 2.48. The van der Waals surface area contributed by atoms with E-state index in [0.717, 1.165) is 30.4 Å². The molecule has 3 saturated carbocycles. The zero-order chi connectivity index (χ0) is 9.42. The van der Waals surface area contributed by atoms with Crippen LogP contribution in [0.3, 0.4) is 0 Å². The molecule has 1 N–H and O–H groups in total. The van der Waals surface area contributed by atoms with Crippen LogP contribution in [0.4, 0.5) is 0 Å². The predicted octanol–water partition coefficient (Wildman–Crippen LogP) is 3.02. The zero-order valence-electron chi connectivity index (χ0n) is 7.21. The molecule has 0 spiro atoms. The summed E-state index contributed by atoms with van der Waals surface area (Å²) >= 11 is 11.5. The molecule has 0 aromatic rings. The van der Waals surface area contributed by atoms with E-state index in [1.165, 1.54) is 0 Å². The molecule has 3 fully saturated rings. The number of allylic oxidation sites excluding steroid dienone is 1. The molecule has 3 aliphatic carbocycles. The van der Waals surface area contributed by atoms with Gasteiger partial charge in [0.1, 0.15) is 0 Å². The molecule has 0 saturated heterocycles. The second-order valence-electron chi connectivity index (χ2n) is 3.81. The molecule has 0 aromatic heterocycles. The lowest BCUT2D eigenvalue weighted by Gasteiger charge is -2.43. The minimum atomic E-state index is -0.218. The Morgan fingerprint density at radius 2 is 1.85 bits per heavy atom. The van der Waals surface area contributed by atoms with Crippen LogP contribution in [-0.4, -0.2) is 11.2 Å². The van der Waals surface area contributed by atoms with E-state index in [-0.39, 0.29) is 12.0 Å². The van der Waals surface area contributed by atoms with E-state index < -0.39 is 0 Å². The van der Waals surface area contributed by atoms with Gasteiger partial charge in [-0.25, -0.2) is 0 Å². The molecular formula is C10H12Cl2O. The maximum absolute atomic E-state index is 9.74. The van der Waals surface area contributed by atoms with Crippen LogP contribution in [0.1, 0.15) is 19.3 Å². The van der Waals surface area contributed by atoms with Gasteiger partial charge in [0.25, 0.3) is 0 Å². The van der Waals surface area contributed by atoms with Crippen molar-refractivity contribution in [1.82, 2.24) is 0 Å². The van der Waals surface area contributed by atoms with E-state index >= 15 is 0 Å². The summed E-state index contributed by atoms with van der Waals surface area (Å²) in [5, 5.41) is 9.74. The van der Waals surface area contributed by atoms with Crippen LogP contribution in [0.15, 0.2) is 22.2 Å². The summed E-state index contributed by atoms with van der Waals surface area (Å²) in [5.41, 5.74) is 5.38. The van der Waals surface area contributed by atoms with Crippen molar-refractivity contribution < 1.29 is 5.11 Å². The molecule has 0 aliphatic heterocycles. The average molecular weight is 219 g/mol. The van der Waals surface area contributed by atoms with Crippen molar-refractivity contribution in [1.29, 1.82) is 0 Å². The van der Waals surface area contributed by atoms with Gasteiger partial charge in [0.15, 0.2) is 0 Å². The summed E-state index contributed by atoms with van der Waals surface area (Å²) in [7, 11) is 0. The highest BCUT2D eigenvalue weighted by atomic mass is 35.5. The first-order valence-electron chi connectivity index (χ1n) is 4.57. The van der Waals surface area contributed by atoms with E-state index in [0.29, 0.717) is 5.92 Å². The Morgan fingerprint density at radius 1 is 1.15 bits per heavy atom. The van der Waals surface area contributed by atoms with Crippen molar-refractivity contribution in [3.05, 3.63) is 22.2 Å². The second-order valence-corrected chi connectivity index (χ2v) is 4.25. The summed E-state index contributed by atoms with van der Waals surface area (Å²) in [6.07, 6.45) is 2.80. The second kappa shape index (κ2) is 3.64. The van der Waals surface area contributed by atoms with E-state index in [1.807, 2.05) is 0 Å². The first-order chi connectivity index (χ1) is 6.27. The molecule has 0 aromatic carbocycles. The smallest absolute Gasteiger partial charge is 0.0615 e. The number of hydrogen-bond donors (Lipinski definition) is 1. The zero-order valence-corrected chi connectivity index (χ0v) is 8.72. The fourth-order valence-corrected chi connectivity index (χ4v) is 3.13. The normalized spacial score (nSPS) is 44.7. The van der Waals surface area contributed by atoms with Gasteiger partial charge < -0.3 is 5.11 Å². The minimum absolute atomic E-state index is 0.215. The maximum Gasteiger partial charge on any atom is 0.0615 e. The Morgan fingerprint density at radius 3 is 2.38 bits per heavy atom. The number of halogens is 2. The predicted molar refractivity (Wildman–Crippen MR) is 54.7 cm³/mol. The summed E-state index contributed by atoms with van der Waals surface area (Å²) < 4.78 is 0. The third kappa shape index (κ3) is 1.43. The number of aliphatic hydroxyl groups excluding tert-OH is 1. The molecule has 3 heteroatoms. The average Bonchev–Trinajstić information content (AvgIpc) is 2.17.